The first-order chi connectivity index (χ1) is 5.52. The van der Waals surface area contributed by atoms with Crippen molar-refractivity contribution >= 4 is 17.2 Å². The van der Waals surface area contributed by atoms with Crippen molar-refractivity contribution in [1.82, 2.24) is 0 Å². The smallest absolute Gasteiger partial charge is 0.183 e. The standard InChI is InChI=1S/C9H7ClF2/c1-7(9(10,11)12)8-5-3-2-4-6-8/h2-6H,1H2. The summed E-state index contributed by atoms with van der Waals surface area (Å²) in [5.74, 6) is 0. The van der Waals surface area contributed by atoms with E-state index in [1.165, 1.54) is 0 Å². The Hall–Kier alpha value is -0.890. The lowest BCUT2D eigenvalue weighted by Gasteiger charge is -2.10. The minimum absolute atomic E-state index is 0.359. The maximum absolute atomic E-state index is 12.5. The molecule has 0 aliphatic rings. The topological polar surface area (TPSA) is 0 Å². The zero-order valence-electron chi connectivity index (χ0n) is 6.23. The number of allylic oxidation sites excluding steroid dienone is 1. The van der Waals surface area contributed by atoms with Crippen LogP contribution in [-0.2, 0) is 0 Å². The summed E-state index contributed by atoms with van der Waals surface area (Å²) >= 11 is 4.79. The highest BCUT2D eigenvalue weighted by molar-refractivity contribution is 6.27. The van der Waals surface area contributed by atoms with Crippen molar-refractivity contribution in [2.24, 2.45) is 0 Å². The van der Waals surface area contributed by atoms with Crippen LogP contribution >= 0.6 is 11.6 Å². The summed E-state index contributed by atoms with van der Waals surface area (Å²) in [4.78, 5) is 0. The van der Waals surface area contributed by atoms with Crippen molar-refractivity contribution in [2.75, 3.05) is 0 Å². The summed E-state index contributed by atoms with van der Waals surface area (Å²) in [6.45, 7) is 3.21. The van der Waals surface area contributed by atoms with E-state index in [4.69, 9.17) is 11.6 Å². The molecule has 0 radical (unpaired) electrons. The molecule has 0 unspecified atom stereocenters. The van der Waals surface area contributed by atoms with Gasteiger partial charge in [0.1, 0.15) is 0 Å². The molecule has 1 aromatic rings. The summed E-state index contributed by atoms with van der Waals surface area (Å²) < 4.78 is 24.9. The largest absolute Gasteiger partial charge is 0.348 e. The fourth-order valence-corrected chi connectivity index (χ4v) is 0.912. The zero-order valence-corrected chi connectivity index (χ0v) is 6.98. The van der Waals surface area contributed by atoms with E-state index >= 15 is 0 Å². The zero-order chi connectivity index (χ0) is 9.19. The third kappa shape index (κ3) is 2.05. The van der Waals surface area contributed by atoms with Crippen molar-refractivity contribution in [3.8, 4) is 0 Å². The maximum Gasteiger partial charge on any atom is 0.348 e. The molecule has 0 fully saturated rings. The second-order valence-corrected chi connectivity index (χ2v) is 2.82. The van der Waals surface area contributed by atoms with Crippen LogP contribution in [0.3, 0.4) is 0 Å². The molecule has 0 saturated carbocycles. The Morgan fingerprint density at radius 1 is 1.25 bits per heavy atom. The highest BCUT2D eigenvalue weighted by Gasteiger charge is 2.29. The minimum Gasteiger partial charge on any atom is -0.183 e. The van der Waals surface area contributed by atoms with Crippen molar-refractivity contribution in [2.45, 2.75) is 5.38 Å². The van der Waals surface area contributed by atoms with Gasteiger partial charge in [-0.05, 0) is 17.2 Å². The number of benzene rings is 1. The Balaban J connectivity index is 2.94. The lowest BCUT2D eigenvalue weighted by molar-refractivity contribution is 0.165. The van der Waals surface area contributed by atoms with Crippen molar-refractivity contribution in [3.63, 3.8) is 0 Å². The molecule has 0 nitrogen and oxygen atoms in total. The summed E-state index contributed by atoms with van der Waals surface area (Å²) in [5.41, 5.74) is -0.0118. The minimum atomic E-state index is -3.36. The summed E-state index contributed by atoms with van der Waals surface area (Å²) in [5, 5.41) is -3.36. The lowest BCUT2D eigenvalue weighted by atomic mass is 10.1. The first-order valence-electron chi connectivity index (χ1n) is 3.33. The molecular formula is C9H7ClF2. The molecule has 0 spiro atoms. The van der Waals surface area contributed by atoms with Crippen LogP contribution in [0.5, 0.6) is 0 Å². The predicted molar refractivity (Wildman–Crippen MR) is 46.3 cm³/mol. The van der Waals surface area contributed by atoms with E-state index in [9.17, 15) is 8.78 Å². The summed E-state index contributed by atoms with van der Waals surface area (Å²) in [7, 11) is 0. The van der Waals surface area contributed by atoms with E-state index in [2.05, 4.69) is 6.58 Å². The predicted octanol–water partition coefficient (Wildman–Crippen LogP) is 3.53. The molecule has 64 valence electrons. The highest BCUT2D eigenvalue weighted by atomic mass is 35.5. The molecule has 0 amide bonds. The van der Waals surface area contributed by atoms with E-state index in [0.29, 0.717) is 5.56 Å². The van der Waals surface area contributed by atoms with Gasteiger partial charge in [0.05, 0.1) is 0 Å². The number of hydrogen-bond donors (Lipinski definition) is 0. The quantitative estimate of drug-likeness (QED) is 0.623. The molecule has 0 aliphatic carbocycles. The Morgan fingerprint density at radius 3 is 2.17 bits per heavy atom. The molecule has 3 heteroatoms. The van der Waals surface area contributed by atoms with E-state index in [-0.39, 0.29) is 5.57 Å². The first-order valence-corrected chi connectivity index (χ1v) is 3.71. The molecule has 0 bridgehead atoms. The Kier molecular flexibility index (Phi) is 2.48. The van der Waals surface area contributed by atoms with Gasteiger partial charge >= 0.3 is 5.38 Å². The van der Waals surface area contributed by atoms with Crippen LogP contribution < -0.4 is 0 Å². The molecule has 0 atom stereocenters. The third-order valence-corrected chi connectivity index (χ3v) is 1.69. The number of rotatable bonds is 2. The van der Waals surface area contributed by atoms with Gasteiger partial charge in [0.2, 0.25) is 0 Å². The van der Waals surface area contributed by atoms with Crippen molar-refractivity contribution in [1.29, 1.82) is 0 Å². The van der Waals surface area contributed by atoms with Gasteiger partial charge in [-0.3, -0.25) is 0 Å². The molecule has 0 saturated heterocycles. The SMILES string of the molecule is C=C(c1ccccc1)C(F)(F)Cl. The van der Waals surface area contributed by atoms with Crippen LogP contribution in [0.4, 0.5) is 8.78 Å². The lowest BCUT2D eigenvalue weighted by Crippen LogP contribution is -2.07. The molecule has 0 aliphatic heterocycles. The van der Waals surface area contributed by atoms with Crippen LogP contribution in [-0.4, -0.2) is 5.38 Å². The van der Waals surface area contributed by atoms with Crippen LogP contribution in [0, 0.1) is 0 Å². The fourth-order valence-electron chi connectivity index (χ4n) is 0.803. The van der Waals surface area contributed by atoms with E-state index < -0.39 is 5.38 Å². The molecule has 1 rings (SSSR count). The van der Waals surface area contributed by atoms with Gasteiger partial charge in [-0.1, -0.05) is 36.9 Å². The Labute approximate surface area is 74.5 Å². The normalized spacial score (nSPS) is 11.2. The maximum atomic E-state index is 12.5. The first kappa shape index (κ1) is 9.20. The van der Waals surface area contributed by atoms with Gasteiger partial charge in [0.25, 0.3) is 0 Å². The van der Waals surface area contributed by atoms with E-state index in [0.717, 1.165) is 0 Å². The third-order valence-electron chi connectivity index (χ3n) is 1.46. The number of hydrogen-bond acceptors (Lipinski definition) is 0. The average molecular weight is 189 g/mol. The number of alkyl halides is 3. The van der Waals surface area contributed by atoms with E-state index in [1.807, 2.05) is 0 Å². The molecule has 0 aromatic heterocycles. The van der Waals surface area contributed by atoms with Gasteiger partial charge in [0.15, 0.2) is 0 Å². The van der Waals surface area contributed by atoms with Crippen LogP contribution in [0.1, 0.15) is 5.56 Å². The van der Waals surface area contributed by atoms with Crippen LogP contribution in [0.15, 0.2) is 36.9 Å². The highest BCUT2D eigenvalue weighted by Crippen LogP contribution is 2.34. The number of halogens is 3. The Morgan fingerprint density at radius 2 is 1.75 bits per heavy atom. The second kappa shape index (κ2) is 3.23. The van der Waals surface area contributed by atoms with Crippen LogP contribution in [0.25, 0.3) is 5.57 Å². The van der Waals surface area contributed by atoms with Gasteiger partial charge in [-0.2, -0.15) is 8.78 Å². The van der Waals surface area contributed by atoms with Gasteiger partial charge in [-0.15, -0.1) is 0 Å². The summed E-state index contributed by atoms with van der Waals surface area (Å²) in [6.07, 6.45) is 0. The molecule has 12 heavy (non-hydrogen) atoms. The monoisotopic (exact) mass is 188 g/mol. The molecule has 0 N–H and O–H groups in total. The van der Waals surface area contributed by atoms with Gasteiger partial charge in [-0.25, -0.2) is 0 Å². The van der Waals surface area contributed by atoms with Crippen LogP contribution in [0.2, 0.25) is 0 Å². The molecule has 0 heterocycles. The molecular weight excluding hydrogens is 182 g/mol. The van der Waals surface area contributed by atoms with Crippen molar-refractivity contribution < 1.29 is 8.78 Å². The average Bonchev–Trinajstić information content (AvgIpc) is 2.03. The van der Waals surface area contributed by atoms with Gasteiger partial charge < -0.3 is 0 Å². The van der Waals surface area contributed by atoms with Gasteiger partial charge in [0, 0.05) is 5.57 Å². The summed E-state index contributed by atoms with van der Waals surface area (Å²) in [6, 6.07) is 8.13. The fraction of sp³-hybridized carbons (Fsp3) is 0.111. The second-order valence-electron chi connectivity index (χ2n) is 2.34. The Bertz CT molecular complexity index is 274. The van der Waals surface area contributed by atoms with Crippen molar-refractivity contribution in [3.05, 3.63) is 42.5 Å². The molecule has 1 aromatic carbocycles. The van der Waals surface area contributed by atoms with E-state index in [1.54, 1.807) is 30.3 Å².